The van der Waals surface area contributed by atoms with Crippen LogP contribution in [0.1, 0.15) is 24.9 Å². The van der Waals surface area contributed by atoms with Gasteiger partial charge in [-0.2, -0.15) is 0 Å². The van der Waals surface area contributed by atoms with Crippen LogP contribution in [-0.4, -0.2) is 36.6 Å². The number of carbonyl (C=O) groups is 1. The van der Waals surface area contributed by atoms with Crippen molar-refractivity contribution in [2.24, 2.45) is 0 Å². The van der Waals surface area contributed by atoms with E-state index in [2.05, 4.69) is 10.9 Å². The van der Waals surface area contributed by atoms with E-state index in [1.807, 2.05) is 0 Å². The van der Waals surface area contributed by atoms with Crippen LogP contribution in [0.2, 0.25) is 15.1 Å². The van der Waals surface area contributed by atoms with Crippen LogP contribution in [0.25, 0.3) is 0 Å². The minimum Gasteiger partial charge on any atom is -0.364 e. The van der Waals surface area contributed by atoms with Gasteiger partial charge in [-0.05, 0) is 24.6 Å². The number of hydrogen-bond acceptors (Lipinski definition) is 4. The fraction of sp³-hybridized carbons (Fsp3) is 0.438. The molecule has 1 amide bonds. The summed E-state index contributed by atoms with van der Waals surface area (Å²) in [5, 5.41) is 0.807. The molecule has 2 N–H and O–H groups in total. The van der Waals surface area contributed by atoms with E-state index in [9.17, 15) is 13.6 Å². The Morgan fingerprint density at radius 3 is 2.35 bits per heavy atom. The molecule has 0 bridgehead atoms. The number of hydrogen-bond donors (Lipinski definition) is 2. The van der Waals surface area contributed by atoms with E-state index < -0.39 is 23.9 Å². The van der Waals surface area contributed by atoms with Gasteiger partial charge in [0.05, 0.1) is 6.04 Å². The van der Waals surface area contributed by atoms with Crippen molar-refractivity contribution < 1.29 is 18.3 Å². The number of alkyl halides is 2. The molecule has 1 aromatic carbocycles. The Balaban J connectivity index is 2.50. The summed E-state index contributed by atoms with van der Waals surface area (Å²) in [5.41, 5.74) is 2.97. The Bertz CT molecular complexity index is 682. The first-order valence-corrected chi connectivity index (χ1v) is 8.84. The molecule has 26 heavy (non-hydrogen) atoms. The number of halogens is 5. The molecule has 2 unspecified atom stereocenters. The molecule has 0 aliphatic carbocycles. The Kier molecular flexibility index (Phi) is 7.10. The van der Waals surface area contributed by atoms with Crippen molar-refractivity contribution in [3.05, 3.63) is 45.0 Å². The Labute approximate surface area is 165 Å². The van der Waals surface area contributed by atoms with E-state index in [-0.39, 0.29) is 16.8 Å². The lowest BCUT2D eigenvalue weighted by atomic mass is 9.96. The maximum absolute atomic E-state index is 13.7. The predicted octanol–water partition coefficient (Wildman–Crippen LogP) is 4.16. The van der Waals surface area contributed by atoms with E-state index in [0.29, 0.717) is 17.0 Å². The third kappa shape index (κ3) is 3.92. The van der Waals surface area contributed by atoms with Crippen LogP contribution in [0, 0.1) is 0 Å². The zero-order valence-electron chi connectivity index (χ0n) is 14.0. The van der Waals surface area contributed by atoms with Crippen LogP contribution < -0.4 is 10.9 Å². The zero-order chi connectivity index (χ0) is 19.5. The number of nitrogens with one attached hydrogen (secondary N) is 2. The van der Waals surface area contributed by atoms with E-state index >= 15 is 0 Å². The molecule has 1 aromatic rings. The number of rotatable bonds is 7. The standard InChI is InChI=1S/C16H18Cl3F2N3O2/c1-3-12(13-10(18)6-9(17)7-11(13)19)24(8-26-2)15(25)16(14(20)21)4-5-22-23-16/h4-7,12,14,22-23H,3,8H2,1-2H3. The maximum Gasteiger partial charge on any atom is 0.270 e. The van der Waals surface area contributed by atoms with Gasteiger partial charge >= 0.3 is 0 Å². The van der Waals surface area contributed by atoms with Gasteiger partial charge in [-0.1, -0.05) is 41.7 Å². The van der Waals surface area contributed by atoms with E-state index in [4.69, 9.17) is 39.5 Å². The number of nitrogens with zero attached hydrogens (tertiary/aromatic N) is 1. The fourth-order valence-electron chi connectivity index (χ4n) is 2.84. The molecule has 2 rings (SSSR count). The molecule has 10 heteroatoms. The first-order valence-electron chi connectivity index (χ1n) is 7.71. The topological polar surface area (TPSA) is 53.6 Å². The average molecular weight is 429 g/mol. The molecule has 5 nitrogen and oxygen atoms in total. The normalized spacial score (nSPS) is 20.3. The van der Waals surface area contributed by atoms with Crippen LogP contribution in [0.5, 0.6) is 0 Å². The maximum atomic E-state index is 13.7. The van der Waals surface area contributed by atoms with Crippen LogP contribution >= 0.6 is 34.8 Å². The van der Waals surface area contributed by atoms with Crippen molar-refractivity contribution in [2.45, 2.75) is 31.4 Å². The number of amides is 1. The summed E-state index contributed by atoms with van der Waals surface area (Å²) in [6, 6.07) is 2.28. The molecule has 0 aromatic heterocycles. The lowest BCUT2D eigenvalue weighted by Gasteiger charge is -2.37. The molecule has 0 saturated heterocycles. The Morgan fingerprint density at radius 1 is 1.31 bits per heavy atom. The second kappa shape index (κ2) is 8.71. The molecule has 0 saturated carbocycles. The lowest BCUT2D eigenvalue weighted by molar-refractivity contribution is -0.150. The van der Waals surface area contributed by atoms with Crippen molar-refractivity contribution in [3.8, 4) is 0 Å². The second-order valence-corrected chi connectivity index (χ2v) is 6.92. The summed E-state index contributed by atoms with van der Waals surface area (Å²) in [4.78, 5) is 14.2. The summed E-state index contributed by atoms with van der Waals surface area (Å²) < 4.78 is 32.5. The number of carbonyl (C=O) groups excluding carboxylic acids is 1. The number of ether oxygens (including phenoxy) is 1. The van der Waals surface area contributed by atoms with Gasteiger partial charge in [0, 0.05) is 33.9 Å². The molecule has 1 heterocycles. The largest absolute Gasteiger partial charge is 0.364 e. The Morgan fingerprint density at radius 2 is 1.92 bits per heavy atom. The van der Waals surface area contributed by atoms with Crippen LogP contribution in [0.3, 0.4) is 0 Å². The van der Waals surface area contributed by atoms with Gasteiger partial charge in [0.1, 0.15) is 6.73 Å². The quantitative estimate of drug-likeness (QED) is 0.641. The van der Waals surface area contributed by atoms with Gasteiger partial charge < -0.3 is 15.1 Å². The SMILES string of the molecule is CCC(c1c(Cl)cc(Cl)cc1Cl)N(COC)C(=O)C1(C(F)F)C=CNN1. The summed E-state index contributed by atoms with van der Waals surface area (Å²) in [7, 11) is 1.36. The third-order valence-corrected chi connectivity index (χ3v) is 4.92. The highest BCUT2D eigenvalue weighted by molar-refractivity contribution is 6.39. The smallest absolute Gasteiger partial charge is 0.270 e. The molecule has 0 spiro atoms. The first kappa shape index (κ1) is 21.2. The summed E-state index contributed by atoms with van der Waals surface area (Å²) in [5.74, 6) is -0.871. The number of benzene rings is 1. The average Bonchev–Trinajstić information content (AvgIpc) is 3.07. The molecule has 1 aliphatic heterocycles. The predicted molar refractivity (Wildman–Crippen MR) is 97.4 cm³/mol. The number of methoxy groups -OCH3 is 1. The van der Waals surface area contributed by atoms with Crippen molar-refractivity contribution in [1.29, 1.82) is 0 Å². The molecular weight excluding hydrogens is 411 g/mol. The molecule has 2 atom stereocenters. The highest BCUT2D eigenvalue weighted by atomic mass is 35.5. The molecule has 0 fully saturated rings. The van der Waals surface area contributed by atoms with Gasteiger partial charge in [0.2, 0.25) is 0 Å². The lowest BCUT2D eigenvalue weighted by Crippen LogP contribution is -2.62. The first-order chi connectivity index (χ1) is 12.3. The van der Waals surface area contributed by atoms with Gasteiger partial charge in [0.15, 0.2) is 5.54 Å². The molecule has 144 valence electrons. The van der Waals surface area contributed by atoms with Crippen LogP contribution in [-0.2, 0) is 9.53 Å². The third-order valence-electron chi connectivity index (χ3n) is 4.08. The molecule has 1 aliphatic rings. The van der Waals surface area contributed by atoms with Gasteiger partial charge in [-0.3, -0.25) is 4.79 Å². The van der Waals surface area contributed by atoms with Crippen LogP contribution in [0.4, 0.5) is 8.78 Å². The van der Waals surface area contributed by atoms with Gasteiger partial charge in [-0.15, -0.1) is 0 Å². The monoisotopic (exact) mass is 427 g/mol. The van der Waals surface area contributed by atoms with E-state index in [1.165, 1.54) is 30.3 Å². The van der Waals surface area contributed by atoms with Crippen molar-refractivity contribution >= 4 is 40.7 Å². The van der Waals surface area contributed by atoms with Crippen molar-refractivity contribution in [1.82, 2.24) is 15.8 Å². The number of hydrazine groups is 1. The second-order valence-electron chi connectivity index (χ2n) is 5.67. The highest BCUT2D eigenvalue weighted by Gasteiger charge is 2.50. The summed E-state index contributed by atoms with van der Waals surface area (Å²) >= 11 is 18.5. The van der Waals surface area contributed by atoms with Crippen LogP contribution in [0.15, 0.2) is 24.4 Å². The minimum atomic E-state index is -2.99. The van der Waals surface area contributed by atoms with E-state index in [0.717, 1.165) is 6.08 Å². The van der Waals surface area contributed by atoms with E-state index in [1.54, 1.807) is 6.92 Å². The molecular formula is C16H18Cl3F2N3O2. The zero-order valence-corrected chi connectivity index (χ0v) is 16.3. The van der Waals surface area contributed by atoms with Crippen molar-refractivity contribution in [3.63, 3.8) is 0 Å². The van der Waals surface area contributed by atoms with Gasteiger partial charge in [-0.25, -0.2) is 14.2 Å². The summed E-state index contributed by atoms with van der Waals surface area (Å²) in [6.45, 7) is 1.56. The van der Waals surface area contributed by atoms with Gasteiger partial charge in [0.25, 0.3) is 12.3 Å². The fourth-order valence-corrected chi connectivity index (χ4v) is 3.91. The molecule has 0 radical (unpaired) electrons. The minimum absolute atomic E-state index is 0.226. The summed E-state index contributed by atoms with van der Waals surface area (Å²) in [6.07, 6.45) is -0.292. The highest BCUT2D eigenvalue weighted by Crippen LogP contribution is 2.39. The van der Waals surface area contributed by atoms with Crippen molar-refractivity contribution in [2.75, 3.05) is 13.8 Å². The Hall–Kier alpha value is -1.12.